The Morgan fingerprint density at radius 2 is 0.795 bits per heavy atom. The molecule has 0 aliphatic carbocycles. The van der Waals surface area contributed by atoms with Crippen molar-refractivity contribution in [2.75, 3.05) is 0 Å². The molecule has 1 heterocycles. The minimum atomic E-state index is 1.23. The fourth-order valence-corrected chi connectivity index (χ4v) is 6.15. The standard InChI is InChI=1S/C37H73N2/c1-4-7-10-13-15-17-18-19-20-21-23-25-28-31-34-39-36-35-38(37(39)32-29-26-12-9-6-3)33-30-27-24-22-16-14-11-8-5-2/h35-36H,4-34H2,1-3H3/q+1. The first kappa shape index (κ1) is 36.2. The molecule has 0 aliphatic rings. The van der Waals surface area contributed by atoms with Gasteiger partial charge < -0.3 is 0 Å². The highest BCUT2D eigenvalue weighted by molar-refractivity contribution is 4.84. The van der Waals surface area contributed by atoms with E-state index < -0.39 is 0 Å². The van der Waals surface area contributed by atoms with Crippen LogP contribution >= 0.6 is 0 Å². The van der Waals surface area contributed by atoms with E-state index in [9.17, 15) is 0 Å². The average molecular weight is 546 g/mol. The van der Waals surface area contributed by atoms with Crippen LogP contribution in [0.15, 0.2) is 12.4 Å². The molecule has 0 aromatic carbocycles. The number of imidazole rings is 1. The zero-order valence-corrected chi connectivity index (χ0v) is 27.5. The first-order valence-electron chi connectivity index (χ1n) is 18.4. The summed E-state index contributed by atoms with van der Waals surface area (Å²) in [5, 5.41) is 0. The molecule has 0 amide bonds. The van der Waals surface area contributed by atoms with Gasteiger partial charge in [0.25, 0.3) is 5.82 Å². The van der Waals surface area contributed by atoms with Crippen LogP contribution in [0, 0.1) is 0 Å². The van der Waals surface area contributed by atoms with Crippen molar-refractivity contribution in [3.05, 3.63) is 18.2 Å². The highest BCUT2D eigenvalue weighted by Crippen LogP contribution is 2.15. The number of hydrogen-bond donors (Lipinski definition) is 0. The van der Waals surface area contributed by atoms with Crippen LogP contribution < -0.4 is 4.57 Å². The first-order chi connectivity index (χ1) is 19.3. The molecule has 0 saturated heterocycles. The van der Waals surface area contributed by atoms with Crippen molar-refractivity contribution in [3.8, 4) is 0 Å². The molecule has 230 valence electrons. The second-order valence-electron chi connectivity index (χ2n) is 12.7. The Bertz CT molecular complexity index is 605. The molecule has 0 radical (unpaired) electrons. The van der Waals surface area contributed by atoms with Gasteiger partial charge in [-0.05, 0) is 32.1 Å². The van der Waals surface area contributed by atoms with Crippen molar-refractivity contribution in [1.29, 1.82) is 0 Å². The topological polar surface area (TPSA) is 8.81 Å². The highest BCUT2D eigenvalue weighted by Gasteiger charge is 2.16. The van der Waals surface area contributed by atoms with E-state index in [0.29, 0.717) is 0 Å². The van der Waals surface area contributed by atoms with Crippen LogP contribution in [-0.4, -0.2) is 4.57 Å². The van der Waals surface area contributed by atoms with Crippen LogP contribution in [-0.2, 0) is 19.5 Å². The Labute approximate surface area is 247 Å². The molecule has 0 fully saturated rings. The SMILES string of the molecule is CCCCCCCCCCCCCCCCn1cc[n+](CCCCCCCCCCC)c1CCCCCCC. The molecule has 1 aromatic heterocycles. The predicted molar refractivity (Wildman–Crippen MR) is 175 cm³/mol. The maximum Gasteiger partial charge on any atom is 0.256 e. The smallest absolute Gasteiger partial charge is 0.234 e. The Morgan fingerprint density at radius 3 is 1.23 bits per heavy atom. The summed E-state index contributed by atoms with van der Waals surface area (Å²) >= 11 is 0. The van der Waals surface area contributed by atoms with Crippen LogP contribution in [0.2, 0.25) is 0 Å². The minimum absolute atomic E-state index is 1.23. The number of nitrogens with zero attached hydrogens (tertiary/aromatic N) is 2. The molecule has 2 heteroatoms. The molecule has 0 spiro atoms. The molecule has 0 atom stereocenters. The Hall–Kier alpha value is -0.790. The van der Waals surface area contributed by atoms with Crippen LogP contribution in [0.4, 0.5) is 0 Å². The van der Waals surface area contributed by atoms with Crippen molar-refractivity contribution in [3.63, 3.8) is 0 Å². The van der Waals surface area contributed by atoms with Gasteiger partial charge in [0.05, 0.1) is 13.1 Å². The molecule has 0 bridgehead atoms. The van der Waals surface area contributed by atoms with Gasteiger partial charge in [0, 0.05) is 6.42 Å². The van der Waals surface area contributed by atoms with Crippen LogP contribution in [0.3, 0.4) is 0 Å². The lowest BCUT2D eigenvalue weighted by Crippen LogP contribution is -2.37. The molecule has 39 heavy (non-hydrogen) atoms. The number of rotatable bonds is 31. The second kappa shape index (κ2) is 28.7. The van der Waals surface area contributed by atoms with Gasteiger partial charge in [-0.15, -0.1) is 0 Å². The van der Waals surface area contributed by atoms with Crippen molar-refractivity contribution in [2.45, 2.75) is 220 Å². The first-order valence-corrected chi connectivity index (χ1v) is 18.4. The summed E-state index contributed by atoms with van der Waals surface area (Å²) in [5.74, 6) is 1.61. The maximum absolute atomic E-state index is 2.62. The second-order valence-corrected chi connectivity index (χ2v) is 12.7. The molecule has 0 N–H and O–H groups in total. The van der Waals surface area contributed by atoms with E-state index in [2.05, 4.69) is 42.3 Å². The number of hydrogen-bond acceptors (Lipinski definition) is 0. The summed E-state index contributed by atoms with van der Waals surface area (Å²) in [6.07, 6.45) is 45.9. The summed E-state index contributed by atoms with van der Waals surface area (Å²) in [6.45, 7) is 9.40. The third kappa shape index (κ3) is 21.6. The van der Waals surface area contributed by atoms with Gasteiger partial charge in [-0.2, -0.15) is 0 Å². The van der Waals surface area contributed by atoms with Gasteiger partial charge in [-0.3, -0.25) is 0 Å². The van der Waals surface area contributed by atoms with Gasteiger partial charge in [-0.25, -0.2) is 9.13 Å². The van der Waals surface area contributed by atoms with E-state index in [4.69, 9.17) is 0 Å². The molecular formula is C37H73N2+. The van der Waals surface area contributed by atoms with Crippen LogP contribution in [0.25, 0.3) is 0 Å². The normalized spacial score (nSPS) is 11.6. The van der Waals surface area contributed by atoms with E-state index in [1.165, 1.54) is 199 Å². The largest absolute Gasteiger partial charge is 0.256 e. The van der Waals surface area contributed by atoms with Gasteiger partial charge in [0.15, 0.2) is 0 Å². The number of unbranched alkanes of at least 4 members (excludes halogenated alkanes) is 25. The fraction of sp³-hybridized carbons (Fsp3) is 0.919. The summed E-state index contributed by atoms with van der Waals surface area (Å²) in [6, 6.07) is 0. The molecule has 0 unspecified atom stereocenters. The van der Waals surface area contributed by atoms with Crippen LogP contribution in [0.1, 0.15) is 206 Å². The van der Waals surface area contributed by atoms with E-state index in [1.807, 2.05) is 0 Å². The molecule has 1 rings (SSSR count). The van der Waals surface area contributed by atoms with Crippen molar-refractivity contribution in [1.82, 2.24) is 4.57 Å². The highest BCUT2D eigenvalue weighted by atomic mass is 15.1. The Kier molecular flexibility index (Phi) is 26.7. The number of aryl methyl sites for hydroxylation is 2. The lowest BCUT2D eigenvalue weighted by molar-refractivity contribution is -0.704. The lowest BCUT2D eigenvalue weighted by Gasteiger charge is -2.07. The average Bonchev–Trinajstić information content (AvgIpc) is 3.33. The molecule has 0 aliphatic heterocycles. The van der Waals surface area contributed by atoms with Crippen molar-refractivity contribution >= 4 is 0 Å². The minimum Gasteiger partial charge on any atom is -0.234 e. The Morgan fingerprint density at radius 1 is 0.436 bits per heavy atom. The molecular weight excluding hydrogens is 472 g/mol. The Balaban J connectivity index is 2.22. The summed E-state index contributed by atoms with van der Waals surface area (Å²) < 4.78 is 5.24. The van der Waals surface area contributed by atoms with Crippen LogP contribution in [0.5, 0.6) is 0 Å². The summed E-state index contributed by atoms with van der Waals surface area (Å²) in [5.41, 5.74) is 0. The maximum atomic E-state index is 2.62. The summed E-state index contributed by atoms with van der Waals surface area (Å²) in [7, 11) is 0. The van der Waals surface area contributed by atoms with Gasteiger partial charge in [0.1, 0.15) is 12.4 Å². The van der Waals surface area contributed by atoms with Crippen molar-refractivity contribution < 1.29 is 4.57 Å². The van der Waals surface area contributed by atoms with E-state index in [1.54, 1.807) is 5.82 Å². The number of aromatic nitrogens is 2. The third-order valence-corrected chi connectivity index (χ3v) is 8.85. The molecule has 1 aromatic rings. The van der Waals surface area contributed by atoms with E-state index >= 15 is 0 Å². The van der Waals surface area contributed by atoms with Gasteiger partial charge in [0.2, 0.25) is 0 Å². The fourth-order valence-electron chi connectivity index (χ4n) is 6.15. The van der Waals surface area contributed by atoms with Gasteiger partial charge in [-0.1, -0.05) is 168 Å². The monoisotopic (exact) mass is 546 g/mol. The van der Waals surface area contributed by atoms with E-state index in [-0.39, 0.29) is 0 Å². The quantitative estimate of drug-likeness (QED) is 0.0648. The zero-order valence-electron chi connectivity index (χ0n) is 27.5. The zero-order chi connectivity index (χ0) is 28.1. The van der Waals surface area contributed by atoms with E-state index in [0.717, 1.165) is 0 Å². The van der Waals surface area contributed by atoms with Gasteiger partial charge >= 0.3 is 0 Å². The van der Waals surface area contributed by atoms with Crippen molar-refractivity contribution in [2.24, 2.45) is 0 Å². The molecule has 0 saturated carbocycles. The third-order valence-electron chi connectivity index (χ3n) is 8.85. The lowest BCUT2D eigenvalue weighted by atomic mass is 10.0. The predicted octanol–water partition coefficient (Wildman–Crippen LogP) is 12.3. The molecule has 2 nitrogen and oxygen atoms in total. The summed E-state index contributed by atoms with van der Waals surface area (Å²) in [4.78, 5) is 0.